The Morgan fingerprint density at radius 3 is 2.62 bits per heavy atom. The third kappa shape index (κ3) is 5.28. The number of rotatable bonds is 8. The van der Waals surface area contributed by atoms with Gasteiger partial charge < -0.3 is 20.1 Å². The number of carbonyl (C=O) groups excluding carboxylic acids is 1. The molecule has 0 saturated heterocycles. The molecular weight excluding hydrogens is 304 g/mol. The smallest absolute Gasteiger partial charge is 0.225 e. The fourth-order valence-electron chi connectivity index (χ4n) is 2.38. The van der Waals surface area contributed by atoms with Crippen molar-refractivity contribution in [2.45, 2.75) is 19.9 Å². The fourth-order valence-corrected chi connectivity index (χ4v) is 2.38. The van der Waals surface area contributed by atoms with Gasteiger partial charge in [0.15, 0.2) is 0 Å². The number of hydrogen-bond acceptors (Lipinski definition) is 4. The number of aryl methyl sites for hydroxylation is 1. The summed E-state index contributed by atoms with van der Waals surface area (Å²) in [5, 5.41) is 6.14. The van der Waals surface area contributed by atoms with Crippen molar-refractivity contribution in [1.29, 1.82) is 0 Å². The fraction of sp³-hybridized carbons (Fsp3) is 0.316. The van der Waals surface area contributed by atoms with E-state index in [1.807, 2.05) is 6.07 Å². The van der Waals surface area contributed by atoms with E-state index in [-0.39, 0.29) is 5.91 Å². The van der Waals surface area contributed by atoms with Gasteiger partial charge in [0, 0.05) is 25.6 Å². The largest absolute Gasteiger partial charge is 0.497 e. The summed E-state index contributed by atoms with van der Waals surface area (Å²) in [5.41, 5.74) is 3.06. The average molecular weight is 328 g/mol. The zero-order chi connectivity index (χ0) is 17.4. The molecule has 2 rings (SSSR count). The first kappa shape index (κ1) is 17.8. The minimum absolute atomic E-state index is 0.0710. The molecule has 0 spiro atoms. The summed E-state index contributed by atoms with van der Waals surface area (Å²) in [5.74, 6) is 1.21. The van der Waals surface area contributed by atoms with Gasteiger partial charge in [-0.3, -0.25) is 4.79 Å². The molecule has 5 nitrogen and oxygen atoms in total. The van der Waals surface area contributed by atoms with E-state index in [2.05, 4.69) is 35.8 Å². The van der Waals surface area contributed by atoms with E-state index < -0.39 is 0 Å². The zero-order valence-electron chi connectivity index (χ0n) is 14.4. The maximum absolute atomic E-state index is 12.1. The number of nitrogens with one attached hydrogen (secondary N) is 2. The third-order valence-electron chi connectivity index (χ3n) is 3.62. The van der Waals surface area contributed by atoms with E-state index >= 15 is 0 Å². The molecule has 0 saturated carbocycles. The number of hydrogen-bond donors (Lipinski definition) is 2. The van der Waals surface area contributed by atoms with E-state index in [1.54, 1.807) is 32.4 Å². The Labute approximate surface area is 143 Å². The van der Waals surface area contributed by atoms with Gasteiger partial charge in [-0.1, -0.05) is 29.8 Å². The number of methoxy groups -OCH3 is 2. The Morgan fingerprint density at radius 1 is 1.08 bits per heavy atom. The summed E-state index contributed by atoms with van der Waals surface area (Å²) in [7, 11) is 3.16. The van der Waals surface area contributed by atoms with Crippen LogP contribution in [0.5, 0.6) is 11.5 Å². The highest BCUT2D eigenvalue weighted by Crippen LogP contribution is 2.28. The molecule has 0 heterocycles. The summed E-state index contributed by atoms with van der Waals surface area (Å²) < 4.78 is 10.4. The SMILES string of the molecule is COc1ccc(OC)c(NC(=O)CCNCc2cccc(C)c2)c1. The molecule has 0 aromatic heterocycles. The second-order valence-corrected chi connectivity index (χ2v) is 5.53. The Morgan fingerprint density at radius 2 is 1.92 bits per heavy atom. The van der Waals surface area contributed by atoms with Gasteiger partial charge in [0.25, 0.3) is 0 Å². The molecule has 1 amide bonds. The van der Waals surface area contributed by atoms with E-state index in [9.17, 15) is 4.79 Å². The first-order valence-electron chi connectivity index (χ1n) is 7.90. The van der Waals surface area contributed by atoms with E-state index in [0.717, 1.165) is 6.54 Å². The van der Waals surface area contributed by atoms with E-state index in [0.29, 0.717) is 30.2 Å². The van der Waals surface area contributed by atoms with Crippen LogP contribution in [0.3, 0.4) is 0 Å². The summed E-state index contributed by atoms with van der Waals surface area (Å²) in [6, 6.07) is 13.6. The van der Waals surface area contributed by atoms with Crippen LogP contribution in [0, 0.1) is 6.92 Å². The molecule has 0 radical (unpaired) electrons. The monoisotopic (exact) mass is 328 g/mol. The van der Waals surface area contributed by atoms with Crippen molar-refractivity contribution in [3.05, 3.63) is 53.6 Å². The average Bonchev–Trinajstić information content (AvgIpc) is 2.58. The molecule has 2 aromatic rings. The quantitative estimate of drug-likeness (QED) is 0.731. The number of carbonyl (C=O) groups is 1. The molecule has 2 N–H and O–H groups in total. The second-order valence-electron chi connectivity index (χ2n) is 5.53. The van der Waals surface area contributed by atoms with Crippen LogP contribution in [0.25, 0.3) is 0 Å². The maximum Gasteiger partial charge on any atom is 0.225 e. The first-order chi connectivity index (χ1) is 11.6. The highest BCUT2D eigenvalue weighted by molar-refractivity contribution is 5.92. The Kier molecular flexibility index (Phi) is 6.63. The Bertz CT molecular complexity index is 686. The lowest BCUT2D eigenvalue weighted by Gasteiger charge is -2.12. The Balaban J connectivity index is 1.81. The van der Waals surface area contributed by atoms with Gasteiger partial charge in [-0.15, -0.1) is 0 Å². The summed E-state index contributed by atoms with van der Waals surface area (Å²) in [6.45, 7) is 3.42. The molecule has 0 unspecified atom stereocenters. The molecule has 2 aromatic carbocycles. The van der Waals surface area contributed by atoms with Crippen LogP contribution in [-0.4, -0.2) is 26.7 Å². The molecule has 0 aliphatic rings. The van der Waals surface area contributed by atoms with Crippen molar-refractivity contribution in [2.75, 3.05) is 26.1 Å². The normalized spacial score (nSPS) is 10.3. The minimum Gasteiger partial charge on any atom is -0.497 e. The topological polar surface area (TPSA) is 59.6 Å². The second kappa shape index (κ2) is 8.93. The predicted molar refractivity (Wildman–Crippen MR) is 95.7 cm³/mol. The maximum atomic E-state index is 12.1. The van der Waals surface area contributed by atoms with Crippen LogP contribution in [0.15, 0.2) is 42.5 Å². The van der Waals surface area contributed by atoms with Crippen LogP contribution < -0.4 is 20.1 Å². The van der Waals surface area contributed by atoms with Crippen molar-refractivity contribution >= 4 is 11.6 Å². The van der Waals surface area contributed by atoms with Gasteiger partial charge in [-0.05, 0) is 24.6 Å². The van der Waals surface area contributed by atoms with Crippen LogP contribution in [0.2, 0.25) is 0 Å². The van der Waals surface area contributed by atoms with Crippen LogP contribution in [0.1, 0.15) is 17.5 Å². The Hall–Kier alpha value is -2.53. The predicted octanol–water partition coefficient (Wildman–Crippen LogP) is 3.13. The van der Waals surface area contributed by atoms with Gasteiger partial charge in [0.1, 0.15) is 11.5 Å². The molecule has 0 aliphatic heterocycles. The van der Waals surface area contributed by atoms with Gasteiger partial charge in [-0.2, -0.15) is 0 Å². The summed E-state index contributed by atoms with van der Waals surface area (Å²) >= 11 is 0. The van der Waals surface area contributed by atoms with Gasteiger partial charge >= 0.3 is 0 Å². The highest BCUT2D eigenvalue weighted by Gasteiger charge is 2.09. The molecule has 0 bridgehead atoms. The molecule has 0 fully saturated rings. The third-order valence-corrected chi connectivity index (χ3v) is 3.62. The number of anilines is 1. The first-order valence-corrected chi connectivity index (χ1v) is 7.90. The molecule has 0 atom stereocenters. The van der Waals surface area contributed by atoms with Crippen molar-refractivity contribution in [3.63, 3.8) is 0 Å². The zero-order valence-corrected chi connectivity index (χ0v) is 14.4. The van der Waals surface area contributed by atoms with E-state index in [1.165, 1.54) is 11.1 Å². The molecule has 0 aliphatic carbocycles. The summed E-state index contributed by atoms with van der Waals surface area (Å²) in [6.07, 6.45) is 0.381. The van der Waals surface area contributed by atoms with Crippen molar-refractivity contribution < 1.29 is 14.3 Å². The van der Waals surface area contributed by atoms with Crippen LogP contribution >= 0.6 is 0 Å². The van der Waals surface area contributed by atoms with Crippen LogP contribution in [-0.2, 0) is 11.3 Å². The number of ether oxygens (including phenoxy) is 2. The lowest BCUT2D eigenvalue weighted by Crippen LogP contribution is -2.21. The number of amides is 1. The molecule has 24 heavy (non-hydrogen) atoms. The lowest BCUT2D eigenvalue weighted by molar-refractivity contribution is -0.116. The van der Waals surface area contributed by atoms with E-state index in [4.69, 9.17) is 9.47 Å². The number of benzene rings is 2. The standard InChI is InChI=1S/C19H24N2O3/c1-14-5-4-6-15(11-14)13-20-10-9-19(22)21-17-12-16(23-2)7-8-18(17)24-3/h4-8,11-12,20H,9-10,13H2,1-3H3,(H,21,22). The van der Waals surface area contributed by atoms with Gasteiger partial charge in [0.05, 0.1) is 19.9 Å². The van der Waals surface area contributed by atoms with Crippen molar-refractivity contribution in [1.82, 2.24) is 5.32 Å². The molecular formula is C19H24N2O3. The van der Waals surface area contributed by atoms with Gasteiger partial charge in [0.2, 0.25) is 5.91 Å². The van der Waals surface area contributed by atoms with Crippen molar-refractivity contribution in [2.24, 2.45) is 0 Å². The summed E-state index contributed by atoms with van der Waals surface area (Å²) in [4.78, 5) is 12.1. The highest BCUT2D eigenvalue weighted by atomic mass is 16.5. The lowest BCUT2D eigenvalue weighted by atomic mass is 10.1. The molecule has 5 heteroatoms. The van der Waals surface area contributed by atoms with Crippen LogP contribution in [0.4, 0.5) is 5.69 Å². The molecule has 128 valence electrons. The minimum atomic E-state index is -0.0710. The van der Waals surface area contributed by atoms with Crippen molar-refractivity contribution in [3.8, 4) is 11.5 Å². The van der Waals surface area contributed by atoms with Gasteiger partial charge in [-0.25, -0.2) is 0 Å².